The summed E-state index contributed by atoms with van der Waals surface area (Å²) in [5.41, 5.74) is 0.993. The Balaban J connectivity index is 1.70. The molecule has 1 N–H and O–H groups in total. The summed E-state index contributed by atoms with van der Waals surface area (Å²) in [5.74, 6) is 0.814. The van der Waals surface area contributed by atoms with Crippen molar-refractivity contribution >= 4 is 0 Å². The van der Waals surface area contributed by atoms with Crippen molar-refractivity contribution in [1.82, 2.24) is 4.90 Å². The Morgan fingerprint density at radius 3 is 3.00 bits per heavy atom. The average Bonchev–Trinajstić information content (AvgIpc) is 2.47. The van der Waals surface area contributed by atoms with Gasteiger partial charge in [-0.1, -0.05) is 18.2 Å². The van der Waals surface area contributed by atoms with Crippen molar-refractivity contribution in [3.8, 4) is 5.75 Å². The fraction of sp³-hybridized carbons (Fsp3) is 0.625. The number of hydrogen-bond donors (Lipinski definition) is 1. The van der Waals surface area contributed by atoms with Crippen LogP contribution < -0.4 is 4.74 Å². The number of benzene rings is 1. The first-order chi connectivity index (χ1) is 10.2. The van der Waals surface area contributed by atoms with Crippen LogP contribution in [0.25, 0.3) is 0 Å². The molecule has 1 aliphatic rings. The Labute approximate surface area is 126 Å². The van der Waals surface area contributed by atoms with E-state index in [0.717, 1.165) is 31.0 Å². The fourth-order valence-electron chi connectivity index (χ4n) is 2.53. The molecule has 1 aromatic carbocycles. The number of ether oxygens (including phenoxy) is 3. The molecule has 0 amide bonds. The van der Waals surface area contributed by atoms with Crippen LogP contribution in [0.2, 0.25) is 0 Å². The minimum absolute atomic E-state index is 0.237. The van der Waals surface area contributed by atoms with Crippen molar-refractivity contribution in [2.24, 2.45) is 0 Å². The second-order valence-corrected chi connectivity index (χ2v) is 5.42. The van der Waals surface area contributed by atoms with E-state index in [-0.39, 0.29) is 6.10 Å². The summed E-state index contributed by atoms with van der Waals surface area (Å²) in [6.45, 7) is 5.91. The number of para-hydroxylation sites is 1. The van der Waals surface area contributed by atoms with Gasteiger partial charge in [0.25, 0.3) is 0 Å². The molecule has 0 aliphatic carbocycles. The van der Waals surface area contributed by atoms with E-state index < -0.39 is 6.10 Å². The first kappa shape index (κ1) is 16.2. The van der Waals surface area contributed by atoms with E-state index in [2.05, 4.69) is 11.8 Å². The molecule has 118 valence electrons. The van der Waals surface area contributed by atoms with Crippen molar-refractivity contribution in [3.05, 3.63) is 29.8 Å². The molecule has 0 bridgehead atoms. The Morgan fingerprint density at radius 1 is 1.43 bits per heavy atom. The van der Waals surface area contributed by atoms with Crippen LogP contribution in [0.5, 0.6) is 5.75 Å². The van der Waals surface area contributed by atoms with E-state index in [0.29, 0.717) is 19.8 Å². The quantitative estimate of drug-likeness (QED) is 0.821. The van der Waals surface area contributed by atoms with Gasteiger partial charge in [0, 0.05) is 25.2 Å². The maximum atomic E-state index is 10.1. The lowest BCUT2D eigenvalue weighted by Gasteiger charge is -2.32. The summed E-state index contributed by atoms with van der Waals surface area (Å²) >= 11 is 0. The number of morpholine rings is 1. The Hall–Kier alpha value is -1.14. The van der Waals surface area contributed by atoms with Crippen molar-refractivity contribution in [1.29, 1.82) is 0 Å². The van der Waals surface area contributed by atoms with Crippen molar-refractivity contribution < 1.29 is 19.3 Å². The summed E-state index contributed by atoms with van der Waals surface area (Å²) in [6.07, 6.45) is -0.245. The molecular weight excluding hydrogens is 270 g/mol. The lowest BCUT2D eigenvalue weighted by atomic mass is 10.2. The van der Waals surface area contributed by atoms with Gasteiger partial charge in [-0.2, -0.15) is 0 Å². The standard InChI is InChI=1S/C16H25NO4/c1-13-9-17(7-8-21-13)10-15(18)12-20-11-14-5-3-4-6-16(14)19-2/h3-6,13,15,18H,7-12H2,1-2H3/t13-,15-/m1/s1. The first-order valence-corrected chi connectivity index (χ1v) is 7.40. The third-order valence-electron chi connectivity index (χ3n) is 3.55. The van der Waals surface area contributed by atoms with Gasteiger partial charge in [-0.05, 0) is 13.0 Å². The van der Waals surface area contributed by atoms with Crippen LogP contribution in [0.4, 0.5) is 0 Å². The van der Waals surface area contributed by atoms with Crippen LogP contribution in [0.3, 0.4) is 0 Å². The van der Waals surface area contributed by atoms with Crippen LogP contribution in [0, 0.1) is 0 Å². The summed E-state index contributed by atoms with van der Waals surface area (Å²) in [4.78, 5) is 2.21. The van der Waals surface area contributed by atoms with Crippen LogP contribution in [0.15, 0.2) is 24.3 Å². The zero-order valence-electron chi connectivity index (χ0n) is 12.8. The van der Waals surface area contributed by atoms with Crippen LogP contribution in [-0.2, 0) is 16.1 Å². The molecule has 1 fully saturated rings. The van der Waals surface area contributed by atoms with Gasteiger partial charge in [-0.25, -0.2) is 0 Å². The second-order valence-electron chi connectivity index (χ2n) is 5.42. The average molecular weight is 295 g/mol. The molecule has 0 radical (unpaired) electrons. The van der Waals surface area contributed by atoms with Gasteiger partial charge < -0.3 is 19.3 Å². The lowest BCUT2D eigenvalue weighted by molar-refractivity contribution is -0.0456. The summed E-state index contributed by atoms with van der Waals surface area (Å²) in [7, 11) is 1.65. The van der Waals surface area contributed by atoms with Gasteiger partial charge in [0.2, 0.25) is 0 Å². The Bertz CT molecular complexity index is 426. The Morgan fingerprint density at radius 2 is 2.24 bits per heavy atom. The monoisotopic (exact) mass is 295 g/mol. The molecule has 0 unspecified atom stereocenters. The largest absolute Gasteiger partial charge is 0.496 e. The summed E-state index contributed by atoms with van der Waals surface area (Å²) in [5, 5.41) is 10.1. The number of aliphatic hydroxyl groups is 1. The molecule has 1 heterocycles. The van der Waals surface area contributed by atoms with Gasteiger partial charge >= 0.3 is 0 Å². The number of nitrogens with zero attached hydrogens (tertiary/aromatic N) is 1. The normalized spacial score (nSPS) is 21.2. The molecule has 1 saturated heterocycles. The predicted octanol–water partition coefficient (Wildman–Crippen LogP) is 1.29. The van der Waals surface area contributed by atoms with Crippen LogP contribution >= 0.6 is 0 Å². The summed E-state index contributed by atoms with van der Waals surface area (Å²) in [6, 6.07) is 7.75. The van der Waals surface area contributed by atoms with Gasteiger partial charge in [0.1, 0.15) is 5.75 Å². The lowest BCUT2D eigenvalue weighted by Crippen LogP contribution is -2.45. The smallest absolute Gasteiger partial charge is 0.124 e. The minimum atomic E-state index is -0.481. The van der Waals surface area contributed by atoms with Crippen molar-refractivity contribution in [3.63, 3.8) is 0 Å². The number of aliphatic hydroxyl groups excluding tert-OH is 1. The predicted molar refractivity (Wildman–Crippen MR) is 80.5 cm³/mol. The van der Waals surface area contributed by atoms with Gasteiger partial charge in [0.05, 0.1) is 39.1 Å². The SMILES string of the molecule is COc1ccccc1COC[C@H](O)CN1CCO[C@H](C)C1. The van der Waals surface area contributed by atoms with Crippen LogP contribution in [-0.4, -0.2) is 62.2 Å². The third-order valence-corrected chi connectivity index (χ3v) is 3.55. The van der Waals surface area contributed by atoms with E-state index >= 15 is 0 Å². The number of β-amino-alcohol motifs (C(OH)–C–C–N with tert-alkyl or cyclic N) is 1. The molecule has 5 heteroatoms. The number of methoxy groups -OCH3 is 1. The molecule has 2 rings (SSSR count). The molecule has 0 spiro atoms. The van der Waals surface area contributed by atoms with Crippen molar-refractivity contribution in [2.75, 3.05) is 40.0 Å². The highest BCUT2D eigenvalue weighted by Crippen LogP contribution is 2.18. The zero-order chi connectivity index (χ0) is 15.1. The first-order valence-electron chi connectivity index (χ1n) is 7.40. The molecular formula is C16H25NO4. The molecule has 5 nitrogen and oxygen atoms in total. The van der Waals surface area contributed by atoms with Gasteiger partial charge in [-0.15, -0.1) is 0 Å². The zero-order valence-corrected chi connectivity index (χ0v) is 12.8. The molecule has 1 aliphatic heterocycles. The Kier molecular flexibility index (Phi) is 6.45. The van der Waals surface area contributed by atoms with E-state index in [4.69, 9.17) is 14.2 Å². The van der Waals surface area contributed by atoms with Crippen LogP contribution in [0.1, 0.15) is 12.5 Å². The third kappa shape index (κ3) is 5.28. The maximum Gasteiger partial charge on any atom is 0.124 e. The molecule has 0 saturated carbocycles. The van der Waals surface area contributed by atoms with E-state index in [1.807, 2.05) is 24.3 Å². The molecule has 2 atom stereocenters. The molecule has 1 aromatic rings. The molecule has 0 aromatic heterocycles. The van der Waals surface area contributed by atoms with E-state index in [1.54, 1.807) is 7.11 Å². The maximum absolute atomic E-state index is 10.1. The summed E-state index contributed by atoms with van der Waals surface area (Å²) < 4.78 is 16.4. The fourth-order valence-corrected chi connectivity index (χ4v) is 2.53. The van der Waals surface area contributed by atoms with Crippen molar-refractivity contribution in [2.45, 2.75) is 25.7 Å². The highest BCUT2D eigenvalue weighted by molar-refractivity contribution is 5.32. The van der Waals surface area contributed by atoms with Gasteiger partial charge in [0.15, 0.2) is 0 Å². The van der Waals surface area contributed by atoms with E-state index in [9.17, 15) is 5.11 Å². The highest BCUT2D eigenvalue weighted by atomic mass is 16.5. The second kappa shape index (κ2) is 8.34. The molecule has 21 heavy (non-hydrogen) atoms. The number of hydrogen-bond acceptors (Lipinski definition) is 5. The van der Waals surface area contributed by atoms with Gasteiger partial charge in [-0.3, -0.25) is 4.90 Å². The van der Waals surface area contributed by atoms with E-state index in [1.165, 1.54) is 0 Å². The minimum Gasteiger partial charge on any atom is -0.496 e. The highest BCUT2D eigenvalue weighted by Gasteiger charge is 2.19. The topological polar surface area (TPSA) is 51.2 Å². The number of rotatable bonds is 7.